The summed E-state index contributed by atoms with van der Waals surface area (Å²) in [5, 5.41) is 11.2. The highest BCUT2D eigenvalue weighted by Gasteiger charge is 2.14. The molecule has 0 spiro atoms. The van der Waals surface area contributed by atoms with Crippen molar-refractivity contribution in [1.29, 1.82) is 0 Å². The van der Waals surface area contributed by atoms with Crippen molar-refractivity contribution >= 4 is 17.7 Å². The minimum absolute atomic E-state index is 0.0128. The SMILES string of the molecule is CC(C)C/C(=C/c1cc(Cl)ccc1F)[N+](=O)[O-]. The van der Waals surface area contributed by atoms with Gasteiger partial charge in [0.05, 0.1) is 4.92 Å². The maximum atomic E-state index is 13.4. The Morgan fingerprint density at radius 1 is 1.59 bits per heavy atom. The van der Waals surface area contributed by atoms with Crippen LogP contribution in [0.2, 0.25) is 5.02 Å². The van der Waals surface area contributed by atoms with Crippen LogP contribution in [0, 0.1) is 21.8 Å². The molecule has 0 heterocycles. The zero-order valence-corrected chi connectivity index (χ0v) is 10.4. The topological polar surface area (TPSA) is 43.1 Å². The molecule has 0 aliphatic heterocycles. The number of halogens is 2. The lowest BCUT2D eigenvalue weighted by atomic mass is 10.1. The van der Waals surface area contributed by atoms with Gasteiger partial charge in [0.1, 0.15) is 5.82 Å². The van der Waals surface area contributed by atoms with E-state index in [1.54, 1.807) is 0 Å². The van der Waals surface area contributed by atoms with Crippen molar-refractivity contribution in [2.45, 2.75) is 20.3 Å². The van der Waals surface area contributed by atoms with E-state index >= 15 is 0 Å². The lowest BCUT2D eigenvalue weighted by Crippen LogP contribution is -2.02. The highest BCUT2D eigenvalue weighted by atomic mass is 35.5. The van der Waals surface area contributed by atoms with Crippen molar-refractivity contribution in [2.24, 2.45) is 5.92 Å². The summed E-state index contributed by atoms with van der Waals surface area (Å²) in [4.78, 5) is 10.3. The van der Waals surface area contributed by atoms with E-state index < -0.39 is 10.7 Å². The molecule has 0 radical (unpaired) electrons. The molecule has 0 aliphatic carbocycles. The molecular weight excluding hydrogens is 245 g/mol. The average Bonchev–Trinajstić information content (AvgIpc) is 2.21. The van der Waals surface area contributed by atoms with Gasteiger partial charge in [0, 0.05) is 23.1 Å². The van der Waals surface area contributed by atoms with Crippen LogP contribution in [0.4, 0.5) is 4.39 Å². The molecule has 92 valence electrons. The van der Waals surface area contributed by atoms with Gasteiger partial charge in [-0.15, -0.1) is 0 Å². The van der Waals surface area contributed by atoms with Crippen LogP contribution in [0.25, 0.3) is 6.08 Å². The van der Waals surface area contributed by atoms with Crippen molar-refractivity contribution < 1.29 is 9.31 Å². The van der Waals surface area contributed by atoms with Gasteiger partial charge in [-0.05, 0) is 24.1 Å². The van der Waals surface area contributed by atoms with Gasteiger partial charge in [-0.2, -0.15) is 0 Å². The van der Waals surface area contributed by atoms with Gasteiger partial charge in [0.2, 0.25) is 5.70 Å². The Balaban J connectivity index is 3.12. The lowest BCUT2D eigenvalue weighted by molar-refractivity contribution is -0.427. The maximum absolute atomic E-state index is 13.4. The fourth-order valence-corrected chi connectivity index (χ4v) is 1.59. The average molecular weight is 258 g/mol. The molecule has 0 saturated carbocycles. The zero-order chi connectivity index (χ0) is 13.0. The summed E-state index contributed by atoms with van der Waals surface area (Å²) < 4.78 is 13.4. The van der Waals surface area contributed by atoms with E-state index in [-0.39, 0.29) is 17.2 Å². The number of nitro groups is 1. The fourth-order valence-electron chi connectivity index (χ4n) is 1.41. The summed E-state index contributed by atoms with van der Waals surface area (Å²) in [7, 11) is 0. The normalized spacial score (nSPS) is 11.9. The fraction of sp³-hybridized carbons (Fsp3) is 0.333. The number of allylic oxidation sites excluding steroid dienone is 1. The highest BCUT2D eigenvalue weighted by Crippen LogP contribution is 2.20. The highest BCUT2D eigenvalue weighted by molar-refractivity contribution is 6.30. The molecule has 17 heavy (non-hydrogen) atoms. The summed E-state index contributed by atoms with van der Waals surface area (Å²) in [5.41, 5.74) is 0.131. The summed E-state index contributed by atoms with van der Waals surface area (Å²) in [6.45, 7) is 3.73. The zero-order valence-electron chi connectivity index (χ0n) is 9.61. The van der Waals surface area contributed by atoms with Crippen LogP contribution in [-0.2, 0) is 0 Å². The molecule has 1 aromatic carbocycles. The van der Waals surface area contributed by atoms with E-state index in [1.807, 2.05) is 13.8 Å². The standard InChI is InChI=1S/C12H13ClFNO2/c1-8(2)5-11(15(16)17)7-9-6-10(13)3-4-12(9)14/h3-4,6-8H,5H2,1-2H3/b11-7-. The Kier molecular flexibility index (Phi) is 4.63. The van der Waals surface area contributed by atoms with E-state index in [1.165, 1.54) is 24.3 Å². The van der Waals surface area contributed by atoms with Crippen LogP contribution in [0.15, 0.2) is 23.9 Å². The van der Waals surface area contributed by atoms with Crippen LogP contribution in [0.1, 0.15) is 25.8 Å². The summed E-state index contributed by atoms with van der Waals surface area (Å²) in [5.74, 6) is -0.383. The van der Waals surface area contributed by atoms with E-state index in [9.17, 15) is 14.5 Å². The van der Waals surface area contributed by atoms with Gasteiger partial charge in [-0.25, -0.2) is 4.39 Å². The molecule has 0 unspecified atom stereocenters. The lowest BCUT2D eigenvalue weighted by Gasteiger charge is -2.03. The van der Waals surface area contributed by atoms with E-state index in [0.29, 0.717) is 11.4 Å². The van der Waals surface area contributed by atoms with Gasteiger partial charge in [-0.1, -0.05) is 25.4 Å². The molecule has 0 fully saturated rings. The van der Waals surface area contributed by atoms with Crippen LogP contribution >= 0.6 is 11.6 Å². The van der Waals surface area contributed by atoms with Crippen LogP contribution in [0.5, 0.6) is 0 Å². The minimum Gasteiger partial charge on any atom is -0.259 e. The molecule has 0 N–H and O–H groups in total. The first kappa shape index (κ1) is 13.6. The molecule has 0 amide bonds. The first-order valence-electron chi connectivity index (χ1n) is 5.20. The largest absolute Gasteiger partial charge is 0.259 e. The molecule has 0 aliphatic rings. The number of rotatable bonds is 4. The molecule has 3 nitrogen and oxygen atoms in total. The number of benzene rings is 1. The number of nitrogens with zero attached hydrogens (tertiary/aromatic N) is 1. The van der Waals surface area contributed by atoms with Crippen molar-refractivity contribution in [2.75, 3.05) is 0 Å². The Labute approximate surface area is 104 Å². The summed E-state index contributed by atoms with van der Waals surface area (Å²) in [6.07, 6.45) is 1.53. The van der Waals surface area contributed by atoms with Crippen molar-refractivity contribution in [3.8, 4) is 0 Å². The Morgan fingerprint density at radius 3 is 2.76 bits per heavy atom. The third kappa shape index (κ3) is 4.15. The Hall–Kier alpha value is -1.42. The van der Waals surface area contributed by atoms with Crippen molar-refractivity contribution in [3.63, 3.8) is 0 Å². The molecule has 5 heteroatoms. The second kappa shape index (κ2) is 5.77. The number of hydrogen-bond donors (Lipinski definition) is 0. The van der Waals surface area contributed by atoms with Gasteiger partial charge in [0.25, 0.3) is 0 Å². The molecule has 0 saturated heterocycles. The van der Waals surface area contributed by atoms with Gasteiger partial charge in [0.15, 0.2) is 0 Å². The van der Waals surface area contributed by atoms with Gasteiger partial charge < -0.3 is 0 Å². The molecule has 1 rings (SSSR count). The van der Waals surface area contributed by atoms with Crippen molar-refractivity contribution in [3.05, 3.63) is 50.4 Å². The van der Waals surface area contributed by atoms with Gasteiger partial charge >= 0.3 is 0 Å². The van der Waals surface area contributed by atoms with Gasteiger partial charge in [-0.3, -0.25) is 10.1 Å². The minimum atomic E-state index is -0.516. The van der Waals surface area contributed by atoms with Crippen LogP contribution in [0.3, 0.4) is 0 Å². The third-order valence-corrected chi connectivity index (χ3v) is 2.37. The second-order valence-corrected chi connectivity index (χ2v) is 4.59. The third-order valence-electron chi connectivity index (χ3n) is 2.13. The maximum Gasteiger partial charge on any atom is 0.247 e. The quantitative estimate of drug-likeness (QED) is 0.601. The Morgan fingerprint density at radius 2 is 2.24 bits per heavy atom. The van der Waals surface area contributed by atoms with Crippen LogP contribution < -0.4 is 0 Å². The van der Waals surface area contributed by atoms with E-state index in [0.717, 1.165) is 0 Å². The van der Waals surface area contributed by atoms with E-state index in [2.05, 4.69) is 0 Å². The molecule has 0 atom stereocenters. The summed E-state index contributed by atoms with van der Waals surface area (Å²) >= 11 is 5.72. The molecule has 0 aromatic heterocycles. The van der Waals surface area contributed by atoms with Crippen LogP contribution in [-0.4, -0.2) is 4.92 Å². The molecule has 1 aromatic rings. The first-order valence-corrected chi connectivity index (χ1v) is 5.58. The number of hydrogen-bond acceptors (Lipinski definition) is 2. The Bertz CT molecular complexity index is 458. The molecular formula is C12H13ClFNO2. The molecule has 0 bridgehead atoms. The smallest absolute Gasteiger partial charge is 0.247 e. The predicted octanol–water partition coefficient (Wildman–Crippen LogP) is 4.14. The summed E-state index contributed by atoms with van der Waals surface area (Å²) in [6, 6.07) is 3.98. The monoisotopic (exact) mass is 257 g/mol. The second-order valence-electron chi connectivity index (χ2n) is 4.16. The van der Waals surface area contributed by atoms with Crippen molar-refractivity contribution in [1.82, 2.24) is 0 Å². The first-order chi connectivity index (χ1) is 7.90. The van der Waals surface area contributed by atoms with E-state index in [4.69, 9.17) is 11.6 Å². The predicted molar refractivity (Wildman–Crippen MR) is 65.8 cm³/mol.